The molecule has 4 saturated carbocycles. The summed E-state index contributed by atoms with van der Waals surface area (Å²) in [6.07, 6.45) is 9.67. The van der Waals surface area contributed by atoms with Gasteiger partial charge in [0.15, 0.2) is 0 Å². The molecule has 11 atom stereocenters. The first kappa shape index (κ1) is 39.1. The molecule has 0 aromatic carbocycles. The number of amides is 4. The zero-order valence-corrected chi connectivity index (χ0v) is 32.4. The molecule has 6 N–H and O–H groups in total. The topological polar surface area (TPSA) is 203 Å². The van der Waals surface area contributed by atoms with Gasteiger partial charge in [-0.15, -0.1) is 0 Å². The highest BCUT2D eigenvalue weighted by atomic mass is 32.2. The Labute approximate surface area is 308 Å². The lowest BCUT2D eigenvalue weighted by Gasteiger charge is -2.44. The monoisotopic (exact) mass is 748 g/mol. The number of carbonyl (C=O) groups excluding carboxylic acids is 5. The molecule has 0 radical (unpaired) electrons. The van der Waals surface area contributed by atoms with E-state index in [2.05, 4.69) is 26.0 Å². The number of hydrogen-bond acceptors (Lipinski definition) is 9. The second kappa shape index (κ2) is 14.6. The molecule has 6 fully saturated rings. The first-order valence-electron chi connectivity index (χ1n) is 19.6. The molecule has 14 nitrogen and oxygen atoms in total. The minimum absolute atomic E-state index is 0.0228. The van der Waals surface area contributed by atoms with Gasteiger partial charge in [0.25, 0.3) is 5.91 Å². The SMILES string of the molecule is CCC1C2CC[C@H]3CN(C(=O)[C@@H](NC(=O)[C@@H](NC(=O)[C@@H](C)NS(C)(=O)=O)C4CCCCC4)C(C)(C)C)[C@@H]([C@@H]23)C2(O)CC2N[C@@H]1C(=O)C(=O)NC1CC1. The second-order valence-corrected chi connectivity index (χ2v) is 19.7. The number of hydrogen-bond donors (Lipinski definition) is 6. The number of rotatable bonds is 12. The van der Waals surface area contributed by atoms with Gasteiger partial charge >= 0.3 is 0 Å². The zero-order valence-electron chi connectivity index (χ0n) is 31.6. The van der Waals surface area contributed by atoms with Crippen LogP contribution in [0.3, 0.4) is 0 Å². The van der Waals surface area contributed by atoms with Crippen molar-refractivity contribution >= 4 is 39.4 Å². The molecule has 4 amide bonds. The fraction of sp³-hybridized carbons (Fsp3) is 0.865. The average molecular weight is 749 g/mol. The van der Waals surface area contributed by atoms with E-state index in [0.29, 0.717) is 32.2 Å². The van der Waals surface area contributed by atoms with Crippen LogP contribution in [0.2, 0.25) is 0 Å². The summed E-state index contributed by atoms with van der Waals surface area (Å²) in [4.78, 5) is 70.7. The lowest BCUT2D eigenvalue weighted by atomic mass is 9.71. The van der Waals surface area contributed by atoms with E-state index in [0.717, 1.165) is 51.2 Å². The van der Waals surface area contributed by atoms with E-state index in [1.165, 1.54) is 6.92 Å². The number of carbonyl (C=O) groups is 5. The van der Waals surface area contributed by atoms with Gasteiger partial charge in [0.2, 0.25) is 33.5 Å². The Morgan fingerprint density at radius 2 is 1.63 bits per heavy atom. The molecule has 0 aromatic rings. The highest BCUT2D eigenvalue weighted by Gasteiger charge is 2.70. The van der Waals surface area contributed by atoms with Crippen molar-refractivity contribution in [3.8, 4) is 0 Å². The van der Waals surface area contributed by atoms with Gasteiger partial charge in [0, 0.05) is 18.6 Å². The van der Waals surface area contributed by atoms with Gasteiger partial charge in [-0.2, -0.15) is 0 Å². The molecule has 52 heavy (non-hydrogen) atoms. The van der Waals surface area contributed by atoms with Gasteiger partial charge in [-0.25, -0.2) is 13.1 Å². The minimum atomic E-state index is -3.67. The van der Waals surface area contributed by atoms with Gasteiger partial charge in [-0.3, -0.25) is 24.0 Å². The number of sulfonamides is 1. The van der Waals surface area contributed by atoms with E-state index < -0.39 is 80.8 Å². The van der Waals surface area contributed by atoms with Crippen LogP contribution in [0.25, 0.3) is 0 Å². The van der Waals surface area contributed by atoms with E-state index in [9.17, 15) is 37.5 Å². The van der Waals surface area contributed by atoms with E-state index in [4.69, 9.17) is 0 Å². The molecule has 6 rings (SSSR count). The molecule has 2 aliphatic heterocycles. The Bertz CT molecular complexity index is 1540. The smallest absolute Gasteiger partial charge is 0.289 e. The van der Waals surface area contributed by atoms with Crippen LogP contribution in [-0.2, 0) is 34.0 Å². The third-order valence-corrected chi connectivity index (χ3v) is 13.7. The summed E-state index contributed by atoms with van der Waals surface area (Å²) in [6.45, 7) is 9.54. The molecule has 292 valence electrons. The summed E-state index contributed by atoms with van der Waals surface area (Å²) in [5, 5.41) is 24.4. The normalized spacial score (nSPS) is 34.8. The van der Waals surface area contributed by atoms with Gasteiger partial charge in [-0.1, -0.05) is 53.4 Å². The number of fused-ring (bicyclic) bond motifs is 2. The van der Waals surface area contributed by atoms with E-state index in [1.54, 1.807) is 4.90 Å². The first-order valence-corrected chi connectivity index (χ1v) is 21.4. The highest BCUT2D eigenvalue weighted by molar-refractivity contribution is 7.88. The Morgan fingerprint density at radius 3 is 2.23 bits per heavy atom. The largest absolute Gasteiger partial charge is 0.386 e. The molecule has 6 aliphatic rings. The van der Waals surface area contributed by atoms with Crippen molar-refractivity contribution in [2.24, 2.45) is 35.0 Å². The van der Waals surface area contributed by atoms with Gasteiger partial charge in [0.1, 0.15) is 17.7 Å². The Hall–Kier alpha value is -2.62. The van der Waals surface area contributed by atoms with E-state index in [-0.39, 0.29) is 41.5 Å². The third-order valence-electron chi connectivity index (χ3n) is 12.9. The van der Waals surface area contributed by atoms with Crippen LogP contribution in [0.1, 0.15) is 105 Å². The van der Waals surface area contributed by atoms with Crippen molar-refractivity contribution in [1.82, 2.24) is 30.9 Å². The number of nitrogens with zero attached hydrogens (tertiary/aromatic N) is 1. The van der Waals surface area contributed by atoms with Crippen LogP contribution < -0.4 is 26.0 Å². The predicted molar refractivity (Wildman–Crippen MR) is 193 cm³/mol. The Morgan fingerprint density at radius 1 is 0.962 bits per heavy atom. The summed E-state index contributed by atoms with van der Waals surface area (Å²) in [6, 6.07) is -4.66. The average Bonchev–Trinajstić information content (AvgIpc) is 3.91. The van der Waals surface area contributed by atoms with Crippen LogP contribution in [0.5, 0.6) is 0 Å². The molecule has 4 aliphatic carbocycles. The molecule has 0 aromatic heterocycles. The Kier molecular flexibility index (Phi) is 10.9. The molecule has 0 spiro atoms. The zero-order chi connectivity index (χ0) is 37.9. The van der Waals surface area contributed by atoms with Crippen LogP contribution in [0.15, 0.2) is 0 Å². The summed E-state index contributed by atoms with van der Waals surface area (Å²) in [5.41, 5.74) is -2.02. The molecule has 0 bridgehead atoms. The second-order valence-electron chi connectivity index (χ2n) is 17.9. The van der Waals surface area contributed by atoms with Crippen LogP contribution >= 0.6 is 0 Å². The molecule has 2 heterocycles. The van der Waals surface area contributed by atoms with E-state index in [1.807, 2.05) is 27.7 Å². The maximum atomic E-state index is 14.9. The lowest BCUT2D eigenvalue weighted by Crippen LogP contribution is -2.64. The number of likely N-dealkylation sites (tertiary alicyclic amines) is 1. The van der Waals surface area contributed by atoms with Crippen molar-refractivity contribution in [2.75, 3.05) is 12.8 Å². The summed E-state index contributed by atoms with van der Waals surface area (Å²) in [5.74, 6) is -2.66. The van der Waals surface area contributed by atoms with Gasteiger partial charge in [0.05, 0.1) is 24.4 Å². The molecule has 15 heteroatoms. The first-order chi connectivity index (χ1) is 24.3. The van der Waals surface area contributed by atoms with Crippen molar-refractivity contribution in [2.45, 2.75) is 153 Å². The lowest BCUT2D eigenvalue weighted by molar-refractivity contribution is -0.146. The number of ketones is 1. The standard InChI is InChI=1S/C37H60N6O8S/c1-7-23-24-16-13-21-18-43(31(26(21)24)37(49)17-25(37)39-28(23)29(44)34(47)38-22-14-15-22)35(48)30(36(3,4)5)41-33(46)27(20-11-9-8-10-12-20)40-32(45)19(2)42-52(6,50)51/h19-28,30-31,39,42,49H,7-18H2,1-6H3,(H,38,47)(H,40,45)(H,41,46)/t19-,21+,23?,24?,25?,26-,27+,28+,30-,31+,37?/m1/s1. The fourth-order valence-electron chi connectivity index (χ4n) is 10.1. The molecular weight excluding hydrogens is 689 g/mol. The number of Topliss-reactive ketones (excluding diaryl/α,β-unsaturated/α-hetero) is 1. The van der Waals surface area contributed by atoms with E-state index >= 15 is 0 Å². The maximum absolute atomic E-state index is 14.9. The molecule has 4 unspecified atom stereocenters. The van der Waals surface area contributed by atoms with Crippen LogP contribution in [0, 0.1) is 35.0 Å². The van der Waals surface area contributed by atoms with Gasteiger partial charge in [-0.05, 0) is 86.9 Å². The highest BCUT2D eigenvalue weighted by Crippen LogP contribution is 2.59. The van der Waals surface area contributed by atoms with Gasteiger partial charge < -0.3 is 31.3 Å². The Balaban J connectivity index is 1.24. The third kappa shape index (κ3) is 7.93. The van der Waals surface area contributed by atoms with Crippen molar-refractivity contribution in [1.29, 1.82) is 0 Å². The predicted octanol–water partition coefficient (Wildman–Crippen LogP) is 0.722. The quantitative estimate of drug-likeness (QED) is 0.156. The van der Waals surface area contributed by atoms with Crippen LogP contribution in [0.4, 0.5) is 0 Å². The maximum Gasteiger partial charge on any atom is 0.289 e. The van der Waals surface area contributed by atoms with Crippen molar-refractivity contribution in [3.05, 3.63) is 0 Å². The summed E-state index contributed by atoms with van der Waals surface area (Å²) >= 11 is 0. The van der Waals surface area contributed by atoms with Crippen molar-refractivity contribution in [3.63, 3.8) is 0 Å². The number of aliphatic hydroxyl groups is 1. The minimum Gasteiger partial charge on any atom is -0.386 e. The molecular formula is C37H60N6O8S. The fourth-order valence-corrected chi connectivity index (χ4v) is 10.9. The van der Waals surface area contributed by atoms with Crippen molar-refractivity contribution < 1.29 is 37.5 Å². The van der Waals surface area contributed by atoms with Crippen LogP contribution in [-0.4, -0.2) is 109 Å². The number of nitrogens with one attached hydrogen (secondary N) is 5. The molecule has 2 saturated heterocycles. The summed E-state index contributed by atoms with van der Waals surface area (Å²) in [7, 11) is -3.67. The summed E-state index contributed by atoms with van der Waals surface area (Å²) < 4.78 is 26.0.